The third-order valence-electron chi connectivity index (χ3n) is 4.71. The number of benzene rings is 1. The fourth-order valence-electron chi connectivity index (χ4n) is 3.19. The first kappa shape index (κ1) is 19.7. The van der Waals surface area contributed by atoms with Crippen LogP contribution >= 0.6 is 11.6 Å². The second-order valence-corrected chi connectivity index (χ2v) is 8.67. The lowest BCUT2D eigenvalue weighted by atomic mass is 10.1. The molecule has 1 fully saturated rings. The van der Waals surface area contributed by atoms with Gasteiger partial charge in [0.2, 0.25) is 10.0 Å². The molecule has 1 aromatic heterocycles. The molecule has 0 atom stereocenters. The van der Waals surface area contributed by atoms with E-state index in [0.717, 1.165) is 4.57 Å². The maximum atomic E-state index is 12.6. The van der Waals surface area contributed by atoms with Gasteiger partial charge in [-0.15, -0.1) is 0 Å². The Bertz CT molecular complexity index is 1070. The van der Waals surface area contributed by atoms with Gasteiger partial charge in [0.25, 0.3) is 5.56 Å². The topological polar surface area (TPSA) is 93.4 Å². The van der Waals surface area contributed by atoms with Crippen molar-refractivity contribution in [2.45, 2.75) is 23.8 Å². The molecule has 1 saturated heterocycles. The van der Waals surface area contributed by atoms with Crippen LogP contribution in [-0.2, 0) is 24.1 Å². The number of aryl methyl sites for hydroxylation is 1. The number of hydrogen-bond donors (Lipinski definition) is 1. The van der Waals surface area contributed by atoms with E-state index in [2.05, 4.69) is 4.72 Å². The number of rotatable bonds is 4. The number of sulfonamides is 1. The first-order chi connectivity index (χ1) is 12.7. The zero-order chi connectivity index (χ0) is 19.8. The van der Waals surface area contributed by atoms with Crippen molar-refractivity contribution in [1.29, 1.82) is 0 Å². The Labute approximate surface area is 162 Å². The summed E-state index contributed by atoms with van der Waals surface area (Å²) in [6, 6.07) is 6.05. The number of nitrogens with one attached hydrogen (secondary N) is 1. The lowest BCUT2D eigenvalue weighted by Gasteiger charge is -2.33. The van der Waals surface area contributed by atoms with Gasteiger partial charge < -0.3 is 9.47 Å². The van der Waals surface area contributed by atoms with Crippen molar-refractivity contribution >= 4 is 27.3 Å². The molecule has 1 N–H and O–H groups in total. The second kappa shape index (κ2) is 7.49. The van der Waals surface area contributed by atoms with Crippen LogP contribution in [0.25, 0.3) is 0 Å². The molecule has 3 rings (SSSR count). The molecule has 146 valence electrons. The summed E-state index contributed by atoms with van der Waals surface area (Å²) in [4.78, 5) is 26.1. The van der Waals surface area contributed by atoms with Gasteiger partial charge in [0.1, 0.15) is 10.6 Å². The molecule has 0 bridgehead atoms. The summed E-state index contributed by atoms with van der Waals surface area (Å²) in [7, 11) is -0.676. The van der Waals surface area contributed by atoms with E-state index in [1.807, 2.05) is 4.90 Å². The Morgan fingerprint density at radius 1 is 1.11 bits per heavy atom. The molecule has 8 nitrogen and oxygen atoms in total. The molecule has 1 aliphatic rings. The maximum Gasteiger partial charge on any atom is 0.330 e. The Hall–Kier alpha value is -2.10. The second-order valence-electron chi connectivity index (χ2n) is 6.59. The molecule has 0 amide bonds. The van der Waals surface area contributed by atoms with Crippen molar-refractivity contribution in [3.63, 3.8) is 0 Å². The molecule has 10 heteroatoms. The summed E-state index contributed by atoms with van der Waals surface area (Å²) in [6.45, 7) is 1.01. The van der Waals surface area contributed by atoms with Crippen LogP contribution in [0.3, 0.4) is 0 Å². The van der Waals surface area contributed by atoms with Crippen LogP contribution in [0.2, 0.25) is 5.02 Å². The van der Waals surface area contributed by atoms with Crippen LogP contribution in [0.4, 0.5) is 5.69 Å². The standard InChI is InChI=1S/C17H21ClN4O4S/c1-20-11-14(16(23)21(2)17(20)24)22-9-7-12(8-10-22)19-27(25,26)15-6-4-3-5-13(15)18/h3-6,11-12,19H,7-10H2,1-2H3. The molecule has 2 heterocycles. The van der Waals surface area contributed by atoms with E-state index in [1.165, 1.54) is 29.9 Å². The van der Waals surface area contributed by atoms with E-state index in [1.54, 1.807) is 19.2 Å². The van der Waals surface area contributed by atoms with E-state index in [0.29, 0.717) is 31.6 Å². The summed E-state index contributed by atoms with van der Waals surface area (Å²) >= 11 is 6.00. The summed E-state index contributed by atoms with van der Waals surface area (Å²) in [6.07, 6.45) is 2.60. The highest BCUT2D eigenvalue weighted by Crippen LogP contribution is 2.22. The summed E-state index contributed by atoms with van der Waals surface area (Å²) in [5.74, 6) is 0. The Morgan fingerprint density at radius 2 is 1.74 bits per heavy atom. The minimum Gasteiger partial charge on any atom is -0.366 e. The van der Waals surface area contributed by atoms with Gasteiger partial charge in [-0.2, -0.15) is 0 Å². The number of anilines is 1. The van der Waals surface area contributed by atoms with Gasteiger partial charge >= 0.3 is 5.69 Å². The predicted octanol–water partition coefficient (Wildman–Crippen LogP) is 0.685. The number of hydrogen-bond acceptors (Lipinski definition) is 5. The van der Waals surface area contributed by atoms with Crippen LogP contribution in [0.15, 0.2) is 44.9 Å². The zero-order valence-corrected chi connectivity index (χ0v) is 16.6. The number of aromatic nitrogens is 2. The normalized spacial score (nSPS) is 15.9. The van der Waals surface area contributed by atoms with Gasteiger partial charge in [0, 0.05) is 39.4 Å². The van der Waals surface area contributed by atoms with Gasteiger partial charge in [-0.3, -0.25) is 9.36 Å². The highest BCUT2D eigenvalue weighted by Gasteiger charge is 2.27. The highest BCUT2D eigenvalue weighted by molar-refractivity contribution is 7.89. The Morgan fingerprint density at radius 3 is 2.37 bits per heavy atom. The molecule has 2 aromatic rings. The summed E-state index contributed by atoms with van der Waals surface area (Å²) < 4.78 is 30.2. The van der Waals surface area contributed by atoms with Crippen molar-refractivity contribution in [3.05, 3.63) is 56.3 Å². The van der Waals surface area contributed by atoms with Crippen LogP contribution in [0.5, 0.6) is 0 Å². The molecule has 0 aliphatic carbocycles. The average Bonchev–Trinajstić information content (AvgIpc) is 2.63. The summed E-state index contributed by atoms with van der Waals surface area (Å²) in [5, 5.41) is 0.177. The molecule has 1 aromatic carbocycles. The van der Waals surface area contributed by atoms with Crippen molar-refractivity contribution in [2.24, 2.45) is 14.1 Å². The van der Waals surface area contributed by atoms with Crippen molar-refractivity contribution in [3.8, 4) is 0 Å². The number of halogens is 1. The molecular weight excluding hydrogens is 392 g/mol. The molecule has 1 aliphatic heterocycles. The minimum absolute atomic E-state index is 0.0565. The molecule has 0 radical (unpaired) electrons. The van der Waals surface area contributed by atoms with E-state index in [9.17, 15) is 18.0 Å². The quantitative estimate of drug-likeness (QED) is 0.797. The molecule has 0 saturated carbocycles. The van der Waals surface area contributed by atoms with Crippen molar-refractivity contribution in [1.82, 2.24) is 13.9 Å². The van der Waals surface area contributed by atoms with E-state index in [-0.39, 0.29) is 27.2 Å². The fourth-order valence-corrected chi connectivity index (χ4v) is 5.01. The fraction of sp³-hybridized carbons (Fsp3) is 0.412. The monoisotopic (exact) mass is 412 g/mol. The zero-order valence-electron chi connectivity index (χ0n) is 15.1. The Kier molecular flexibility index (Phi) is 5.45. The van der Waals surface area contributed by atoms with Gasteiger partial charge in [-0.1, -0.05) is 23.7 Å². The smallest absolute Gasteiger partial charge is 0.330 e. The van der Waals surface area contributed by atoms with Crippen LogP contribution < -0.4 is 20.9 Å². The van der Waals surface area contributed by atoms with Crippen molar-refractivity contribution < 1.29 is 8.42 Å². The van der Waals surface area contributed by atoms with Gasteiger partial charge in [0.05, 0.1) is 5.02 Å². The van der Waals surface area contributed by atoms with E-state index >= 15 is 0 Å². The highest BCUT2D eigenvalue weighted by atomic mass is 35.5. The third-order valence-corrected chi connectivity index (χ3v) is 6.73. The van der Waals surface area contributed by atoms with Gasteiger partial charge in [-0.05, 0) is 25.0 Å². The lowest BCUT2D eigenvalue weighted by molar-refractivity contribution is 0.457. The lowest BCUT2D eigenvalue weighted by Crippen LogP contribution is -2.47. The average molecular weight is 413 g/mol. The van der Waals surface area contributed by atoms with Gasteiger partial charge in [-0.25, -0.2) is 17.9 Å². The molecular formula is C17H21ClN4O4S. The molecule has 0 spiro atoms. The Balaban J connectivity index is 1.72. The minimum atomic E-state index is -3.71. The van der Waals surface area contributed by atoms with E-state index < -0.39 is 10.0 Å². The molecule has 27 heavy (non-hydrogen) atoms. The van der Waals surface area contributed by atoms with Gasteiger partial charge in [0.15, 0.2) is 0 Å². The van der Waals surface area contributed by atoms with Crippen LogP contribution in [0.1, 0.15) is 12.8 Å². The first-order valence-corrected chi connectivity index (χ1v) is 10.4. The first-order valence-electron chi connectivity index (χ1n) is 8.49. The van der Waals surface area contributed by atoms with E-state index in [4.69, 9.17) is 11.6 Å². The third kappa shape index (κ3) is 3.95. The maximum absolute atomic E-state index is 12.6. The van der Waals surface area contributed by atoms with Crippen LogP contribution in [0, 0.1) is 0 Å². The summed E-state index contributed by atoms with van der Waals surface area (Å²) in [5.41, 5.74) is -0.300. The number of piperidine rings is 1. The SMILES string of the molecule is Cn1cc(N2CCC(NS(=O)(=O)c3ccccc3Cl)CC2)c(=O)n(C)c1=O. The molecule has 0 unspecified atom stereocenters. The largest absolute Gasteiger partial charge is 0.366 e. The van der Waals surface area contributed by atoms with Crippen molar-refractivity contribution in [2.75, 3.05) is 18.0 Å². The number of nitrogens with zero attached hydrogens (tertiary/aromatic N) is 3. The van der Waals surface area contributed by atoms with Crippen LogP contribution in [-0.4, -0.2) is 36.7 Å². The predicted molar refractivity (Wildman–Crippen MR) is 104 cm³/mol.